The Hall–Kier alpha value is -2.08. The molecule has 0 spiro atoms. The van der Waals surface area contributed by atoms with Crippen LogP contribution in [0.25, 0.3) is 0 Å². The van der Waals surface area contributed by atoms with E-state index in [-0.39, 0.29) is 0 Å². The molecule has 336 valence electrons. The van der Waals surface area contributed by atoms with E-state index in [4.69, 9.17) is 14.2 Å². The molecule has 4 rings (SSSR count). The highest BCUT2D eigenvalue weighted by atomic mass is 16.8. The van der Waals surface area contributed by atoms with E-state index in [2.05, 4.69) is 91.8 Å². The predicted octanol–water partition coefficient (Wildman–Crippen LogP) is 15.1. The number of nitrogens with zero attached hydrogens (tertiary/aromatic N) is 2. The lowest BCUT2D eigenvalue weighted by Gasteiger charge is -2.41. The molecule has 0 amide bonds. The Morgan fingerprint density at radius 1 is 0.407 bits per heavy atom. The lowest BCUT2D eigenvalue weighted by atomic mass is 9.89. The van der Waals surface area contributed by atoms with Crippen LogP contribution in [-0.2, 0) is 17.6 Å². The van der Waals surface area contributed by atoms with E-state index in [1.165, 1.54) is 201 Å². The van der Waals surface area contributed by atoms with Crippen LogP contribution >= 0.6 is 0 Å². The molecular weight excluding hydrogens is 725 g/mol. The van der Waals surface area contributed by atoms with E-state index in [1.54, 1.807) is 0 Å². The minimum atomic E-state index is -0.423. The molecule has 0 radical (unpaired) electrons. The number of ether oxygens (including phenoxy) is 3. The Morgan fingerprint density at radius 2 is 0.780 bits per heavy atom. The van der Waals surface area contributed by atoms with Crippen molar-refractivity contribution in [3.05, 3.63) is 58.7 Å². The van der Waals surface area contributed by atoms with Gasteiger partial charge in [0.1, 0.15) is 11.5 Å². The smallest absolute Gasteiger partial charge is 0.233 e. The minimum absolute atomic E-state index is 0.415. The van der Waals surface area contributed by atoms with E-state index >= 15 is 0 Å². The number of fused-ring (bicyclic) bond motifs is 6. The van der Waals surface area contributed by atoms with Crippen molar-refractivity contribution < 1.29 is 23.2 Å². The van der Waals surface area contributed by atoms with Gasteiger partial charge in [-0.25, -0.2) is 0 Å². The molecule has 59 heavy (non-hydrogen) atoms. The third-order valence-corrected chi connectivity index (χ3v) is 14.3. The number of hydrogen-bond donors (Lipinski definition) is 0. The van der Waals surface area contributed by atoms with Crippen LogP contribution in [0.15, 0.2) is 36.4 Å². The second kappa shape index (κ2) is 27.1. The maximum absolute atomic E-state index is 6.66. The molecule has 0 saturated heterocycles. The summed E-state index contributed by atoms with van der Waals surface area (Å²) in [4.78, 5) is 0. The maximum atomic E-state index is 6.66. The molecule has 4 atom stereocenters. The second-order valence-electron chi connectivity index (χ2n) is 19.4. The van der Waals surface area contributed by atoms with Crippen molar-refractivity contribution >= 4 is 0 Å². The van der Waals surface area contributed by atoms with E-state index in [0.29, 0.717) is 5.92 Å². The van der Waals surface area contributed by atoms with Crippen LogP contribution in [0.2, 0.25) is 0 Å². The fraction of sp³-hybridized carbons (Fsp3) is 0.778. The first-order valence-corrected chi connectivity index (χ1v) is 25.7. The standard InChI is InChI=1S/C54H94N2O3/c1-9-17-26-45(25-16-8)41-47-28-30-51-49(43-47)53-58-52-31-29-48(44-50(52)54(57-51)59-53)42-46(32-40-56(36-21-13-5,37-22-14-6)38-23-15-7)27-24-39-55(33-18-10-2,34-19-11-3)35-20-12-4/h28-31,43-46,53-54H,9-27,32-42H2,1-8H3/q+2. The van der Waals surface area contributed by atoms with Crippen molar-refractivity contribution in [3.63, 3.8) is 0 Å². The van der Waals surface area contributed by atoms with Gasteiger partial charge in [0.05, 0.1) is 63.5 Å². The average Bonchev–Trinajstić information content (AvgIpc) is 3.25. The summed E-state index contributed by atoms with van der Waals surface area (Å²) in [6, 6.07) is 13.8. The van der Waals surface area contributed by atoms with E-state index in [9.17, 15) is 0 Å². The first-order valence-electron chi connectivity index (χ1n) is 25.7. The zero-order valence-corrected chi connectivity index (χ0v) is 40.1. The summed E-state index contributed by atoms with van der Waals surface area (Å²) < 4.78 is 22.6. The molecule has 2 aliphatic rings. The summed E-state index contributed by atoms with van der Waals surface area (Å²) in [5.74, 6) is 3.24. The lowest BCUT2D eigenvalue weighted by Crippen LogP contribution is -2.51. The van der Waals surface area contributed by atoms with Gasteiger partial charge >= 0.3 is 0 Å². The van der Waals surface area contributed by atoms with Crippen molar-refractivity contribution in [2.75, 3.05) is 52.4 Å². The normalized spacial score (nSPS) is 17.2. The molecule has 4 unspecified atom stereocenters. The van der Waals surface area contributed by atoms with Crippen LogP contribution in [0.1, 0.15) is 219 Å². The van der Waals surface area contributed by atoms with Gasteiger partial charge in [0.15, 0.2) is 0 Å². The minimum Gasteiger partial charge on any atom is -0.460 e. The van der Waals surface area contributed by atoms with Gasteiger partial charge in [-0.15, -0.1) is 0 Å². The number of rotatable bonds is 34. The molecule has 2 heterocycles. The Kier molecular flexibility index (Phi) is 22.8. The van der Waals surface area contributed by atoms with Gasteiger partial charge < -0.3 is 18.4 Å². The van der Waals surface area contributed by atoms with Gasteiger partial charge in [-0.2, -0.15) is 0 Å². The van der Waals surface area contributed by atoms with Gasteiger partial charge in [-0.1, -0.05) is 138 Å². The molecule has 0 aromatic heterocycles. The maximum Gasteiger partial charge on any atom is 0.233 e. The summed E-state index contributed by atoms with van der Waals surface area (Å²) in [5, 5.41) is 0. The summed E-state index contributed by atoms with van der Waals surface area (Å²) in [7, 11) is 0. The number of benzene rings is 2. The van der Waals surface area contributed by atoms with E-state index in [0.717, 1.165) is 41.4 Å². The SMILES string of the molecule is CCCCC(CCC)Cc1ccc2c(c1)C1Oc3ccc(CC(CCC[N+](CCCC)(CCCC)CCCC)CC[N+](CCCC)(CCCC)CCCC)cc3C(O2)O1. The van der Waals surface area contributed by atoms with E-state index in [1.807, 2.05) is 0 Å². The Labute approximate surface area is 365 Å². The number of hydrogen-bond acceptors (Lipinski definition) is 3. The van der Waals surface area contributed by atoms with Crippen molar-refractivity contribution in [2.45, 2.75) is 209 Å². The largest absolute Gasteiger partial charge is 0.460 e. The number of quaternary nitrogens is 2. The number of unbranched alkanes of at least 4 members (excludes halogenated alkanes) is 7. The summed E-state index contributed by atoms with van der Waals surface area (Å²) in [6.07, 6.45) is 27.7. The molecule has 5 nitrogen and oxygen atoms in total. The fourth-order valence-corrected chi connectivity index (χ4v) is 10.4. The van der Waals surface area contributed by atoms with Crippen LogP contribution in [0.5, 0.6) is 11.5 Å². The second-order valence-corrected chi connectivity index (χ2v) is 19.4. The van der Waals surface area contributed by atoms with Crippen LogP contribution in [0, 0.1) is 11.8 Å². The highest BCUT2D eigenvalue weighted by molar-refractivity contribution is 5.46. The van der Waals surface area contributed by atoms with Gasteiger partial charge in [0.25, 0.3) is 0 Å². The quantitative estimate of drug-likeness (QED) is 0.0659. The third-order valence-electron chi connectivity index (χ3n) is 14.3. The van der Waals surface area contributed by atoms with Crippen molar-refractivity contribution in [1.29, 1.82) is 0 Å². The topological polar surface area (TPSA) is 27.7 Å². The molecule has 0 saturated carbocycles. The molecule has 0 fully saturated rings. The van der Waals surface area contributed by atoms with Gasteiger partial charge in [0, 0.05) is 0 Å². The first kappa shape index (κ1) is 49.6. The summed E-state index contributed by atoms with van der Waals surface area (Å²) >= 11 is 0. The molecule has 0 N–H and O–H groups in total. The molecule has 0 aliphatic carbocycles. The monoisotopic (exact) mass is 819 g/mol. The van der Waals surface area contributed by atoms with Crippen molar-refractivity contribution in [1.82, 2.24) is 0 Å². The van der Waals surface area contributed by atoms with Crippen LogP contribution in [0.4, 0.5) is 0 Å². The molecular formula is C54H94N2O3+2. The predicted molar refractivity (Wildman–Crippen MR) is 252 cm³/mol. The average molecular weight is 819 g/mol. The summed E-state index contributed by atoms with van der Waals surface area (Å²) in [5.41, 5.74) is 4.89. The van der Waals surface area contributed by atoms with Gasteiger partial charge in [-0.05, 0) is 118 Å². The zero-order chi connectivity index (χ0) is 42.4. The van der Waals surface area contributed by atoms with Crippen LogP contribution < -0.4 is 9.47 Å². The highest BCUT2D eigenvalue weighted by Gasteiger charge is 2.38. The molecule has 5 heteroatoms. The Morgan fingerprint density at radius 3 is 1.19 bits per heavy atom. The van der Waals surface area contributed by atoms with Crippen LogP contribution in [0.3, 0.4) is 0 Å². The molecule has 2 aromatic rings. The van der Waals surface area contributed by atoms with Crippen LogP contribution in [-0.4, -0.2) is 61.3 Å². The molecule has 2 aromatic carbocycles. The first-order chi connectivity index (χ1) is 28.8. The van der Waals surface area contributed by atoms with E-state index < -0.39 is 12.6 Å². The zero-order valence-electron chi connectivity index (χ0n) is 40.1. The van der Waals surface area contributed by atoms with Gasteiger partial charge in [-0.3, -0.25) is 4.74 Å². The van der Waals surface area contributed by atoms with Crippen molar-refractivity contribution in [3.8, 4) is 11.5 Å². The Balaban J connectivity index is 1.56. The Bertz CT molecular complexity index is 1380. The van der Waals surface area contributed by atoms with Crippen molar-refractivity contribution in [2.24, 2.45) is 11.8 Å². The van der Waals surface area contributed by atoms with Gasteiger partial charge in [0.2, 0.25) is 12.6 Å². The molecule has 2 aliphatic heterocycles. The summed E-state index contributed by atoms with van der Waals surface area (Å²) in [6.45, 7) is 29.7. The molecule has 2 bridgehead atoms. The third kappa shape index (κ3) is 15.7. The lowest BCUT2D eigenvalue weighted by molar-refractivity contribution is -0.930. The fourth-order valence-electron chi connectivity index (χ4n) is 10.4. The highest BCUT2D eigenvalue weighted by Crippen LogP contribution is 2.48.